The molecule has 178 valence electrons. The van der Waals surface area contributed by atoms with Gasteiger partial charge in [-0.05, 0) is 44.6 Å². The number of halogens is 1. The molecule has 10 heteroatoms. The van der Waals surface area contributed by atoms with Gasteiger partial charge in [-0.1, -0.05) is 36.8 Å². The highest BCUT2D eigenvalue weighted by molar-refractivity contribution is 7.17. The smallest absolute Gasteiger partial charge is 0.280 e. The molecule has 0 radical (unpaired) electrons. The first-order valence-corrected chi connectivity index (χ1v) is 12.8. The van der Waals surface area contributed by atoms with Gasteiger partial charge >= 0.3 is 0 Å². The predicted octanol–water partition coefficient (Wildman–Crippen LogP) is 5.62. The molecule has 1 aliphatic rings. The zero-order valence-corrected chi connectivity index (χ0v) is 21.0. The van der Waals surface area contributed by atoms with E-state index >= 15 is 0 Å². The molecular weight excluding hydrogens is 472 g/mol. The van der Waals surface area contributed by atoms with Gasteiger partial charge in [0.15, 0.2) is 5.01 Å². The fourth-order valence-corrected chi connectivity index (χ4v) is 5.51. The van der Waals surface area contributed by atoms with Gasteiger partial charge in [-0.15, -0.1) is 0 Å². The predicted molar refractivity (Wildman–Crippen MR) is 132 cm³/mol. The average molecular weight is 499 g/mol. The molecule has 8 nitrogen and oxygen atoms in total. The van der Waals surface area contributed by atoms with E-state index in [1.54, 1.807) is 12.5 Å². The molecule has 2 atom stereocenters. The van der Waals surface area contributed by atoms with E-state index in [4.69, 9.17) is 21.0 Å². The minimum absolute atomic E-state index is 0.0639. The van der Waals surface area contributed by atoms with Crippen LogP contribution in [0.3, 0.4) is 0 Å². The number of carbonyl (C=O) groups is 1. The lowest BCUT2D eigenvalue weighted by molar-refractivity contribution is 0.0920. The standard InChI is InChI=1S/C24H27ClN6O2S/c1-13(2)7-21-30-18-10-26-17(23-28-14(3)12-33-23)9-19(18)31(21)16-6-4-5-15(8-16)29-22(32)24-27-11-20(25)34-24/h9-13,15-16H,4-8H2,1-3H3,(H,29,32)/t15-,16+/m0/s1. The monoisotopic (exact) mass is 498 g/mol. The Morgan fingerprint density at radius 2 is 2.15 bits per heavy atom. The number of nitrogens with zero attached hydrogens (tertiary/aromatic N) is 5. The molecule has 0 aromatic carbocycles. The summed E-state index contributed by atoms with van der Waals surface area (Å²) in [5, 5.41) is 3.57. The highest BCUT2D eigenvalue weighted by Gasteiger charge is 2.29. The van der Waals surface area contributed by atoms with Crippen molar-refractivity contribution >= 4 is 39.9 Å². The molecular formula is C24H27ClN6O2S. The molecule has 1 saturated carbocycles. The molecule has 4 aromatic rings. The number of nitrogens with one attached hydrogen (secondary N) is 1. The van der Waals surface area contributed by atoms with Gasteiger partial charge < -0.3 is 14.3 Å². The number of amides is 1. The number of aromatic nitrogens is 5. The maximum Gasteiger partial charge on any atom is 0.280 e. The van der Waals surface area contributed by atoms with Gasteiger partial charge in [-0.25, -0.2) is 19.9 Å². The summed E-state index contributed by atoms with van der Waals surface area (Å²) in [7, 11) is 0. The Bertz CT molecular complexity index is 1330. The number of fused-ring (bicyclic) bond motifs is 1. The van der Waals surface area contributed by atoms with E-state index in [2.05, 4.69) is 38.7 Å². The number of rotatable bonds is 6. The lowest BCUT2D eigenvalue weighted by atomic mass is 9.90. The summed E-state index contributed by atoms with van der Waals surface area (Å²) < 4.78 is 8.47. The summed E-state index contributed by atoms with van der Waals surface area (Å²) in [6, 6.07) is 2.31. The van der Waals surface area contributed by atoms with Crippen molar-refractivity contribution in [3.05, 3.63) is 45.6 Å². The fourth-order valence-electron chi connectivity index (χ4n) is 4.69. The van der Waals surface area contributed by atoms with Crippen molar-refractivity contribution in [3.63, 3.8) is 0 Å². The summed E-state index contributed by atoms with van der Waals surface area (Å²) in [6.07, 6.45) is 9.64. The third-order valence-electron chi connectivity index (χ3n) is 6.10. The second-order valence-electron chi connectivity index (χ2n) is 9.31. The van der Waals surface area contributed by atoms with E-state index in [1.807, 2.05) is 13.0 Å². The molecule has 1 N–H and O–H groups in total. The van der Waals surface area contributed by atoms with Gasteiger partial charge in [0.1, 0.15) is 27.6 Å². The topological polar surface area (TPSA) is 98.7 Å². The molecule has 5 rings (SSSR count). The summed E-state index contributed by atoms with van der Waals surface area (Å²) in [5.41, 5.74) is 3.41. The molecule has 0 spiro atoms. The molecule has 1 amide bonds. The van der Waals surface area contributed by atoms with Crippen LogP contribution in [0.4, 0.5) is 0 Å². The number of aryl methyl sites for hydroxylation is 1. The third-order valence-corrected chi connectivity index (χ3v) is 7.21. The minimum atomic E-state index is -0.161. The first-order valence-electron chi connectivity index (χ1n) is 11.6. The van der Waals surface area contributed by atoms with Crippen LogP contribution in [0, 0.1) is 12.8 Å². The van der Waals surface area contributed by atoms with Gasteiger partial charge in [0.2, 0.25) is 5.89 Å². The molecule has 4 aromatic heterocycles. The first-order chi connectivity index (χ1) is 16.4. The zero-order chi connectivity index (χ0) is 23.8. The second kappa shape index (κ2) is 9.46. The Labute approximate surface area is 206 Å². The van der Waals surface area contributed by atoms with Crippen LogP contribution < -0.4 is 5.32 Å². The van der Waals surface area contributed by atoms with Gasteiger partial charge in [0, 0.05) is 18.5 Å². The average Bonchev–Trinajstić information content (AvgIpc) is 3.51. The van der Waals surface area contributed by atoms with Crippen molar-refractivity contribution in [2.75, 3.05) is 0 Å². The number of carbonyl (C=O) groups excluding carboxylic acids is 1. The minimum Gasteiger partial charge on any atom is -0.443 e. The van der Waals surface area contributed by atoms with Crippen LogP contribution in [0.5, 0.6) is 0 Å². The van der Waals surface area contributed by atoms with Crippen molar-refractivity contribution < 1.29 is 9.21 Å². The summed E-state index contributed by atoms with van der Waals surface area (Å²) >= 11 is 7.16. The molecule has 0 saturated heterocycles. The van der Waals surface area contributed by atoms with Crippen LogP contribution in [-0.2, 0) is 6.42 Å². The largest absolute Gasteiger partial charge is 0.443 e. The molecule has 4 heterocycles. The zero-order valence-electron chi connectivity index (χ0n) is 19.4. The Morgan fingerprint density at radius 3 is 2.85 bits per heavy atom. The van der Waals surface area contributed by atoms with Crippen LogP contribution in [0.2, 0.25) is 4.34 Å². The van der Waals surface area contributed by atoms with Gasteiger partial charge in [-0.3, -0.25) is 4.79 Å². The first kappa shape index (κ1) is 23.0. The van der Waals surface area contributed by atoms with E-state index in [-0.39, 0.29) is 18.0 Å². The van der Waals surface area contributed by atoms with Crippen LogP contribution in [0.25, 0.3) is 22.6 Å². The lowest BCUT2D eigenvalue weighted by Crippen LogP contribution is -2.39. The van der Waals surface area contributed by atoms with Gasteiger partial charge in [-0.2, -0.15) is 0 Å². The van der Waals surface area contributed by atoms with Gasteiger partial charge in [0.25, 0.3) is 5.91 Å². The number of pyridine rings is 1. The quantitative estimate of drug-likeness (QED) is 0.370. The van der Waals surface area contributed by atoms with Crippen LogP contribution in [-0.4, -0.2) is 36.5 Å². The number of hydrogen-bond acceptors (Lipinski definition) is 7. The van der Waals surface area contributed by atoms with Crippen molar-refractivity contribution in [1.82, 2.24) is 29.8 Å². The highest BCUT2D eigenvalue weighted by atomic mass is 35.5. The van der Waals surface area contributed by atoms with E-state index in [1.165, 1.54) is 17.5 Å². The van der Waals surface area contributed by atoms with Crippen molar-refractivity contribution in [1.29, 1.82) is 0 Å². The Kier molecular flexibility index (Phi) is 6.40. The van der Waals surface area contributed by atoms with E-state index in [9.17, 15) is 4.79 Å². The Balaban J connectivity index is 1.46. The summed E-state index contributed by atoms with van der Waals surface area (Å²) in [5.74, 6) is 1.86. The van der Waals surface area contributed by atoms with Crippen molar-refractivity contribution in [2.45, 2.75) is 65.0 Å². The van der Waals surface area contributed by atoms with Crippen molar-refractivity contribution in [3.8, 4) is 11.6 Å². The number of oxazole rings is 1. The van der Waals surface area contributed by atoms with E-state index in [0.29, 0.717) is 26.8 Å². The molecule has 1 fully saturated rings. The number of imidazole rings is 1. The fraction of sp³-hybridized carbons (Fsp3) is 0.458. The SMILES string of the molecule is Cc1coc(-c2cc3c(cn2)nc(CC(C)C)n3[C@@H]2CCC[C@H](NC(=O)c3ncc(Cl)s3)C2)n1. The van der Waals surface area contributed by atoms with Crippen LogP contribution in [0.15, 0.2) is 29.1 Å². The molecule has 0 unspecified atom stereocenters. The van der Waals surface area contributed by atoms with Gasteiger partial charge in [0.05, 0.1) is 23.6 Å². The Hall–Kier alpha value is -2.78. The summed E-state index contributed by atoms with van der Waals surface area (Å²) in [6.45, 7) is 6.30. The van der Waals surface area contributed by atoms with Crippen LogP contribution >= 0.6 is 22.9 Å². The third kappa shape index (κ3) is 4.72. The van der Waals surface area contributed by atoms with Crippen LogP contribution in [0.1, 0.15) is 66.9 Å². The number of hydrogen-bond donors (Lipinski definition) is 1. The highest BCUT2D eigenvalue weighted by Crippen LogP contribution is 2.34. The molecule has 34 heavy (non-hydrogen) atoms. The summed E-state index contributed by atoms with van der Waals surface area (Å²) in [4.78, 5) is 30.7. The maximum absolute atomic E-state index is 12.7. The molecule has 0 bridgehead atoms. The van der Waals surface area contributed by atoms with Crippen molar-refractivity contribution in [2.24, 2.45) is 5.92 Å². The van der Waals surface area contributed by atoms with E-state index < -0.39 is 0 Å². The second-order valence-corrected chi connectivity index (χ2v) is 11.0. The Morgan fingerprint density at radius 1 is 1.29 bits per heavy atom. The van der Waals surface area contributed by atoms with E-state index in [0.717, 1.165) is 54.7 Å². The normalized spacial score (nSPS) is 18.6. The number of thiazole rings is 1. The molecule has 1 aliphatic carbocycles. The molecule has 0 aliphatic heterocycles. The maximum atomic E-state index is 12.7. The lowest BCUT2D eigenvalue weighted by Gasteiger charge is -2.32.